The molecular formula is C19H20BrNO2S. The number of hydrogen-bond acceptors (Lipinski definition) is 3. The number of hydrogen-bond donors (Lipinski definition) is 1. The lowest BCUT2D eigenvalue weighted by Gasteiger charge is -2.18. The van der Waals surface area contributed by atoms with Gasteiger partial charge in [-0.05, 0) is 54.8 Å². The van der Waals surface area contributed by atoms with Crippen molar-refractivity contribution in [3.8, 4) is 5.75 Å². The minimum atomic E-state index is -0.136. The molecule has 24 heavy (non-hydrogen) atoms. The molecule has 1 aliphatic carbocycles. The summed E-state index contributed by atoms with van der Waals surface area (Å²) in [5, 5.41) is 3.22. The molecule has 0 atom stereocenters. The summed E-state index contributed by atoms with van der Waals surface area (Å²) in [6.45, 7) is 0. The summed E-state index contributed by atoms with van der Waals surface area (Å²) in [5.41, 5.74) is 1.06. The van der Waals surface area contributed by atoms with E-state index >= 15 is 0 Å². The van der Waals surface area contributed by atoms with Crippen LogP contribution in [-0.2, 0) is 10.3 Å². The third kappa shape index (κ3) is 4.33. The number of ether oxygens (including phenoxy) is 1. The highest BCUT2D eigenvalue weighted by Gasteiger charge is 2.45. The molecule has 0 saturated heterocycles. The van der Waals surface area contributed by atoms with Gasteiger partial charge in [0.05, 0.1) is 12.6 Å². The van der Waals surface area contributed by atoms with Crippen LogP contribution in [0.4, 0.5) is 0 Å². The zero-order chi connectivity index (χ0) is 17.0. The molecule has 0 heterocycles. The molecular weight excluding hydrogens is 386 g/mol. The molecule has 5 heteroatoms. The van der Waals surface area contributed by atoms with Crippen molar-refractivity contribution in [1.29, 1.82) is 0 Å². The van der Waals surface area contributed by atoms with Crippen molar-refractivity contribution in [2.75, 3.05) is 12.9 Å². The average Bonchev–Trinajstić information content (AvgIpc) is 3.36. The number of rotatable bonds is 7. The van der Waals surface area contributed by atoms with Gasteiger partial charge < -0.3 is 10.1 Å². The number of carbonyl (C=O) groups is 1. The molecule has 0 spiro atoms. The first-order valence-electron chi connectivity index (χ1n) is 7.95. The second-order valence-electron chi connectivity index (χ2n) is 5.91. The van der Waals surface area contributed by atoms with Gasteiger partial charge in [-0.1, -0.05) is 28.1 Å². The molecule has 1 fully saturated rings. The van der Waals surface area contributed by atoms with E-state index in [-0.39, 0.29) is 11.4 Å². The Morgan fingerprint density at radius 2 is 1.83 bits per heavy atom. The topological polar surface area (TPSA) is 38.3 Å². The van der Waals surface area contributed by atoms with E-state index in [2.05, 4.69) is 33.4 Å². The number of nitrogens with one attached hydrogen (secondary N) is 1. The molecule has 3 nitrogen and oxygen atoms in total. The van der Waals surface area contributed by atoms with Crippen LogP contribution in [0.3, 0.4) is 0 Å². The van der Waals surface area contributed by atoms with Gasteiger partial charge in [0.1, 0.15) is 5.75 Å². The van der Waals surface area contributed by atoms with Gasteiger partial charge in [-0.25, -0.2) is 0 Å². The molecule has 1 aliphatic rings. The predicted octanol–water partition coefficient (Wildman–Crippen LogP) is 4.75. The Bertz CT molecular complexity index is 696. The van der Waals surface area contributed by atoms with Gasteiger partial charge in [0.2, 0.25) is 5.91 Å². The van der Waals surface area contributed by atoms with Gasteiger partial charge in [0.15, 0.2) is 0 Å². The normalized spacial score (nSPS) is 14.9. The summed E-state index contributed by atoms with van der Waals surface area (Å²) in [6, 6.07) is 16.1. The first kappa shape index (κ1) is 17.4. The summed E-state index contributed by atoms with van der Waals surface area (Å²) >= 11 is 5.14. The predicted molar refractivity (Wildman–Crippen MR) is 102 cm³/mol. The Hall–Kier alpha value is -1.46. The van der Waals surface area contributed by atoms with Crippen molar-refractivity contribution in [2.24, 2.45) is 0 Å². The molecule has 0 radical (unpaired) electrons. The lowest BCUT2D eigenvalue weighted by Crippen LogP contribution is -2.34. The van der Waals surface area contributed by atoms with E-state index in [4.69, 9.17) is 4.74 Å². The SMILES string of the molecule is COc1ccc(SCCC(=O)NC2(c3ccc(Br)cc3)CC2)cc1. The Labute approximate surface area is 155 Å². The molecule has 2 aromatic rings. The highest BCUT2D eigenvalue weighted by molar-refractivity contribution is 9.10. The minimum absolute atomic E-state index is 0.122. The van der Waals surface area contributed by atoms with E-state index in [1.807, 2.05) is 36.4 Å². The van der Waals surface area contributed by atoms with Gasteiger partial charge >= 0.3 is 0 Å². The van der Waals surface area contributed by atoms with Gasteiger partial charge in [0.25, 0.3) is 0 Å². The van der Waals surface area contributed by atoms with Crippen LogP contribution in [0, 0.1) is 0 Å². The standard InChI is InChI=1S/C19H20BrNO2S/c1-23-16-6-8-17(9-7-16)24-13-10-18(22)21-19(11-12-19)14-2-4-15(20)5-3-14/h2-9H,10-13H2,1H3,(H,21,22). The molecule has 0 aromatic heterocycles. The van der Waals surface area contributed by atoms with Gasteiger partial charge in [-0.2, -0.15) is 0 Å². The fraction of sp³-hybridized carbons (Fsp3) is 0.316. The second kappa shape index (κ2) is 7.62. The number of halogens is 1. The third-order valence-corrected chi connectivity index (χ3v) is 5.73. The van der Waals surface area contributed by atoms with Crippen LogP contribution in [0.25, 0.3) is 0 Å². The number of amides is 1. The Morgan fingerprint density at radius 1 is 1.17 bits per heavy atom. The van der Waals surface area contributed by atoms with Crippen LogP contribution in [0.15, 0.2) is 57.9 Å². The van der Waals surface area contributed by atoms with Crippen molar-refractivity contribution in [3.05, 3.63) is 58.6 Å². The maximum atomic E-state index is 12.3. The summed E-state index contributed by atoms with van der Waals surface area (Å²) in [4.78, 5) is 13.4. The molecule has 2 aromatic carbocycles. The Balaban J connectivity index is 1.48. The number of methoxy groups -OCH3 is 1. The number of thioether (sulfide) groups is 1. The lowest BCUT2D eigenvalue weighted by molar-refractivity contribution is -0.121. The molecule has 0 aliphatic heterocycles. The molecule has 1 saturated carbocycles. The zero-order valence-corrected chi connectivity index (χ0v) is 16.0. The summed E-state index contributed by atoms with van der Waals surface area (Å²) in [6.07, 6.45) is 2.56. The van der Waals surface area contributed by atoms with Crippen LogP contribution in [0.2, 0.25) is 0 Å². The van der Waals surface area contributed by atoms with E-state index in [0.717, 1.165) is 33.7 Å². The van der Waals surface area contributed by atoms with Crippen LogP contribution >= 0.6 is 27.7 Å². The summed E-state index contributed by atoms with van der Waals surface area (Å²) in [7, 11) is 1.66. The number of carbonyl (C=O) groups excluding carboxylic acids is 1. The summed E-state index contributed by atoms with van der Waals surface area (Å²) in [5.74, 6) is 1.74. The van der Waals surface area contributed by atoms with Crippen molar-refractivity contribution >= 4 is 33.6 Å². The van der Waals surface area contributed by atoms with Crippen molar-refractivity contribution in [1.82, 2.24) is 5.32 Å². The Morgan fingerprint density at radius 3 is 2.42 bits per heavy atom. The lowest BCUT2D eigenvalue weighted by atomic mass is 10.1. The zero-order valence-electron chi connectivity index (χ0n) is 13.5. The van der Waals surface area contributed by atoms with Crippen LogP contribution in [-0.4, -0.2) is 18.8 Å². The second-order valence-corrected chi connectivity index (χ2v) is 8.00. The molecule has 0 bridgehead atoms. The van der Waals surface area contributed by atoms with Crippen LogP contribution < -0.4 is 10.1 Å². The smallest absolute Gasteiger partial charge is 0.221 e. The largest absolute Gasteiger partial charge is 0.497 e. The van der Waals surface area contributed by atoms with Crippen LogP contribution in [0.1, 0.15) is 24.8 Å². The fourth-order valence-corrected chi connectivity index (χ4v) is 3.76. The van der Waals surface area contributed by atoms with E-state index in [9.17, 15) is 4.79 Å². The third-order valence-electron chi connectivity index (χ3n) is 4.18. The Kier molecular flexibility index (Phi) is 5.51. The maximum Gasteiger partial charge on any atom is 0.221 e. The van der Waals surface area contributed by atoms with Gasteiger partial charge in [-0.15, -0.1) is 11.8 Å². The van der Waals surface area contributed by atoms with Crippen LogP contribution in [0.5, 0.6) is 5.75 Å². The fourth-order valence-electron chi connectivity index (χ4n) is 2.64. The first-order chi connectivity index (χ1) is 11.6. The van der Waals surface area contributed by atoms with E-state index in [0.29, 0.717) is 6.42 Å². The monoisotopic (exact) mass is 405 g/mol. The average molecular weight is 406 g/mol. The minimum Gasteiger partial charge on any atom is -0.497 e. The van der Waals surface area contributed by atoms with E-state index < -0.39 is 0 Å². The highest BCUT2D eigenvalue weighted by atomic mass is 79.9. The quantitative estimate of drug-likeness (QED) is 0.675. The highest BCUT2D eigenvalue weighted by Crippen LogP contribution is 2.45. The van der Waals surface area contributed by atoms with Crippen molar-refractivity contribution < 1.29 is 9.53 Å². The van der Waals surface area contributed by atoms with Crippen molar-refractivity contribution in [2.45, 2.75) is 29.7 Å². The van der Waals surface area contributed by atoms with Crippen molar-refractivity contribution in [3.63, 3.8) is 0 Å². The molecule has 0 unspecified atom stereocenters. The maximum absolute atomic E-state index is 12.3. The summed E-state index contributed by atoms with van der Waals surface area (Å²) < 4.78 is 6.21. The first-order valence-corrected chi connectivity index (χ1v) is 9.73. The van der Waals surface area contributed by atoms with Gasteiger partial charge in [-0.3, -0.25) is 4.79 Å². The molecule has 1 N–H and O–H groups in total. The number of benzene rings is 2. The molecule has 1 amide bonds. The van der Waals surface area contributed by atoms with Gasteiger partial charge in [0, 0.05) is 21.5 Å². The van der Waals surface area contributed by atoms with E-state index in [1.165, 1.54) is 5.56 Å². The molecule has 126 valence electrons. The van der Waals surface area contributed by atoms with E-state index in [1.54, 1.807) is 18.9 Å². The molecule has 3 rings (SSSR count).